The lowest BCUT2D eigenvalue weighted by Crippen LogP contribution is -2.62. The Hall–Kier alpha value is -2.98. The summed E-state index contributed by atoms with van der Waals surface area (Å²) < 4.78 is 15.9. The Labute approximate surface area is 209 Å². The summed E-state index contributed by atoms with van der Waals surface area (Å²) in [5.74, 6) is -3.52. The van der Waals surface area contributed by atoms with Crippen molar-refractivity contribution in [2.75, 3.05) is 25.2 Å². The van der Waals surface area contributed by atoms with Crippen molar-refractivity contribution >= 4 is 62.8 Å². The number of thiophene rings is 1. The molecule has 0 radical (unpaired) electrons. The van der Waals surface area contributed by atoms with E-state index in [0.717, 1.165) is 0 Å². The predicted molar refractivity (Wildman–Crippen MR) is 130 cm³/mol. The topological polar surface area (TPSA) is 99.2 Å². The smallest absolute Gasteiger partial charge is 0.344 e. The van der Waals surface area contributed by atoms with E-state index in [-0.39, 0.29) is 19.6 Å². The Kier molecular flexibility index (Phi) is 8.27. The summed E-state index contributed by atoms with van der Waals surface area (Å²) in [6.45, 7) is 3.29. The molecule has 1 atom stereocenters. The number of carbonyl (C=O) groups excluding carboxylic acids is 4. The summed E-state index contributed by atoms with van der Waals surface area (Å²) in [6.07, 6.45) is 2.73. The first kappa shape index (κ1) is 25.6. The number of benzene rings is 1. The number of hydrogen-bond acceptors (Lipinski definition) is 8. The highest BCUT2D eigenvalue weighted by molar-refractivity contribution is 9.10. The van der Waals surface area contributed by atoms with Crippen molar-refractivity contribution in [2.45, 2.75) is 31.7 Å². The van der Waals surface area contributed by atoms with E-state index in [1.165, 1.54) is 29.4 Å². The van der Waals surface area contributed by atoms with Gasteiger partial charge in [-0.1, -0.05) is 12.1 Å². The molecule has 10 heteroatoms. The van der Waals surface area contributed by atoms with Crippen LogP contribution in [-0.2, 0) is 33.4 Å². The molecule has 3 rings (SSSR count). The number of methoxy groups -OCH3 is 1. The SMILES string of the molecule is CCOC(=O)C1(C(=O)OCC)C(c2ccc(/C=C/C(=O)OC)s2)CC(=O)N1c1ccccc1Br. The maximum Gasteiger partial charge on any atom is 0.344 e. The molecule has 1 saturated heterocycles. The Bertz CT molecular complexity index is 1110. The first-order chi connectivity index (χ1) is 16.3. The van der Waals surface area contributed by atoms with Crippen LogP contribution in [-0.4, -0.2) is 49.7 Å². The van der Waals surface area contributed by atoms with Gasteiger partial charge in [-0.3, -0.25) is 9.69 Å². The summed E-state index contributed by atoms with van der Waals surface area (Å²) >= 11 is 4.69. The zero-order chi connectivity index (χ0) is 24.9. The van der Waals surface area contributed by atoms with Gasteiger partial charge in [0.1, 0.15) is 0 Å². The molecule has 34 heavy (non-hydrogen) atoms. The van der Waals surface area contributed by atoms with Crippen molar-refractivity contribution in [1.29, 1.82) is 0 Å². The van der Waals surface area contributed by atoms with Crippen LogP contribution >= 0.6 is 27.3 Å². The molecule has 1 aromatic carbocycles. The second-order valence-corrected chi connectivity index (χ2v) is 9.24. The van der Waals surface area contributed by atoms with Gasteiger partial charge < -0.3 is 14.2 Å². The van der Waals surface area contributed by atoms with Crippen molar-refractivity contribution in [3.63, 3.8) is 0 Å². The molecular weight excluding hydrogens is 526 g/mol. The summed E-state index contributed by atoms with van der Waals surface area (Å²) in [7, 11) is 1.28. The standard InChI is InChI=1S/C24H24BrNO7S/c1-4-32-22(29)24(23(30)33-5-2)16(19-12-10-15(34-19)11-13-21(28)31-3)14-20(27)26(24)18-9-7-6-8-17(18)25/h6-13,16H,4-5,14H2,1-3H3/b13-11+. The molecule has 1 amide bonds. The fraction of sp³-hybridized carbons (Fsp3) is 0.333. The highest BCUT2D eigenvalue weighted by Crippen LogP contribution is 2.50. The number of halogens is 1. The van der Waals surface area contributed by atoms with Gasteiger partial charge in [-0.2, -0.15) is 0 Å². The van der Waals surface area contributed by atoms with Crippen molar-refractivity contribution < 1.29 is 33.4 Å². The number of anilines is 1. The normalized spacial score (nSPS) is 17.1. The molecule has 1 unspecified atom stereocenters. The molecule has 0 bridgehead atoms. The van der Waals surface area contributed by atoms with E-state index >= 15 is 0 Å². The van der Waals surface area contributed by atoms with Gasteiger partial charge in [-0.05, 0) is 60.1 Å². The zero-order valence-electron chi connectivity index (χ0n) is 18.9. The lowest BCUT2D eigenvalue weighted by molar-refractivity contribution is -0.165. The Balaban J connectivity index is 2.21. The van der Waals surface area contributed by atoms with E-state index in [1.807, 2.05) is 0 Å². The van der Waals surface area contributed by atoms with Crippen LogP contribution in [0.2, 0.25) is 0 Å². The third-order valence-electron chi connectivity index (χ3n) is 5.33. The van der Waals surface area contributed by atoms with Gasteiger partial charge >= 0.3 is 17.9 Å². The summed E-state index contributed by atoms with van der Waals surface area (Å²) in [5.41, 5.74) is -1.69. The summed E-state index contributed by atoms with van der Waals surface area (Å²) in [5, 5.41) is 0. The number of nitrogens with zero attached hydrogens (tertiary/aromatic N) is 1. The molecule has 8 nitrogen and oxygen atoms in total. The molecule has 0 spiro atoms. The second-order valence-electron chi connectivity index (χ2n) is 7.24. The monoisotopic (exact) mass is 549 g/mol. The Morgan fingerprint density at radius 3 is 2.35 bits per heavy atom. The average Bonchev–Trinajstić information content (AvgIpc) is 3.41. The number of esters is 3. The fourth-order valence-corrected chi connectivity index (χ4v) is 5.46. The molecule has 1 fully saturated rings. The number of amides is 1. The largest absolute Gasteiger partial charge is 0.466 e. The molecule has 1 aliphatic rings. The van der Waals surface area contributed by atoms with Crippen molar-refractivity contribution in [2.24, 2.45) is 0 Å². The van der Waals surface area contributed by atoms with Crippen LogP contribution in [0.4, 0.5) is 5.69 Å². The van der Waals surface area contributed by atoms with Gasteiger partial charge in [0.15, 0.2) is 0 Å². The van der Waals surface area contributed by atoms with E-state index < -0.39 is 35.3 Å². The minimum Gasteiger partial charge on any atom is -0.466 e. The first-order valence-electron chi connectivity index (χ1n) is 10.6. The Morgan fingerprint density at radius 2 is 1.76 bits per heavy atom. The number of rotatable bonds is 8. The van der Waals surface area contributed by atoms with Crippen LogP contribution in [0.3, 0.4) is 0 Å². The maximum atomic E-state index is 13.6. The molecule has 0 aliphatic carbocycles. The van der Waals surface area contributed by atoms with Crippen molar-refractivity contribution in [3.8, 4) is 0 Å². The molecule has 180 valence electrons. The van der Waals surface area contributed by atoms with E-state index in [2.05, 4.69) is 20.7 Å². The van der Waals surface area contributed by atoms with E-state index in [4.69, 9.17) is 9.47 Å². The molecule has 1 aliphatic heterocycles. The van der Waals surface area contributed by atoms with E-state index in [9.17, 15) is 19.2 Å². The quantitative estimate of drug-likeness (QED) is 0.211. The predicted octanol–water partition coefficient (Wildman–Crippen LogP) is 4.08. The molecule has 2 aromatic rings. The first-order valence-corrected chi connectivity index (χ1v) is 12.2. The van der Waals surface area contributed by atoms with Crippen LogP contribution in [0.15, 0.2) is 46.9 Å². The number of para-hydroxylation sites is 1. The van der Waals surface area contributed by atoms with Crippen molar-refractivity contribution in [1.82, 2.24) is 0 Å². The van der Waals surface area contributed by atoms with Gasteiger partial charge in [0.05, 0.1) is 26.0 Å². The van der Waals surface area contributed by atoms with Gasteiger partial charge in [-0.15, -0.1) is 11.3 Å². The van der Waals surface area contributed by atoms with Crippen LogP contribution < -0.4 is 4.90 Å². The van der Waals surface area contributed by atoms with Crippen LogP contribution in [0.5, 0.6) is 0 Å². The lowest BCUT2D eigenvalue weighted by atomic mass is 9.83. The number of ether oxygens (including phenoxy) is 3. The zero-order valence-corrected chi connectivity index (χ0v) is 21.3. The Morgan fingerprint density at radius 1 is 1.12 bits per heavy atom. The van der Waals surface area contributed by atoms with Gasteiger partial charge in [0, 0.05) is 32.6 Å². The second kappa shape index (κ2) is 11.0. The van der Waals surface area contributed by atoms with Crippen LogP contribution in [0, 0.1) is 0 Å². The molecule has 2 heterocycles. The molecule has 1 aromatic heterocycles. The lowest BCUT2D eigenvalue weighted by Gasteiger charge is -2.37. The minimum atomic E-state index is -2.05. The summed E-state index contributed by atoms with van der Waals surface area (Å²) in [4.78, 5) is 54.5. The van der Waals surface area contributed by atoms with Gasteiger partial charge in [-0.25, -0.2) is 14.4 Å². The maximum absolute atomic E-state index is 13.6. The molecular formula is C24H24BrNO7S. The number of hydrogen-bond donors (Lipinski definition) is 0. The highest BCUT2D eigenvalue weighted by Gasteiger charge is 2.67. The third kappa shape index (κ3) is 4.65. The highest BCUT2D eigenvalue weighted by atomic mass is 79.9. The summed E-state index contributed by atoms with van der Waals surface area (Å²) in [6, 6.07) is 10.3. The van der Waals surface area contributed by atoms with Gasteiger partial charge in [0.2, 0.25) is 5.91 Å². The van der Waals surface area contributed by atoms with Crippen molar-refractivity contribution in [3.05, 3.63) is 56.7 Å². The van der Waals surface area contributed by atoms with Crippen LogP contribution in [0.25, 0.3) is 6.08 Å². The third-order valence-corrected chi connectivity index (χ3v) is 7.16. The number of carbonyl (C=O) groups is 4. The van der Waals surface area contributed by atoms with Crippen LogP contribution in [0.1, 0.15) is 35.9 Å². The minimum absolute atomic E-state index is 0.0161. The molecule has 0 saturated carbocycles. The van der Waals surface area contributed by atoms with E-state index in [0.29, 0.717) is 19.9 Å². The average molecular weight is 550 g/mol. The fourth-order valence-electron chi connectivity index (χ4n) is 3.93. The van der Waals surface area contributed by atoms with Gasteiger partial charge in [0.25, 0.3) is 5.54 Å². The van der Waals surface area contributed by atoms with E-state index in [1.54, 1.807) is 56.3 Å². The molecule has 0 N–H and O–H groups in total.